The van der Waals surface area contributed by atoms with Crippen LogP contribution in [0.5, 0.6) is 0 Å². The molecule has 1 atom stereocenters. The van der Waals surface area contributed by atoms with Crippen molar-refractivity contribution in [2.24, 2.45) is 0 Å². The molecule has 0 fully saturated rings. The van der Waals surface area contributed by atoms with Gasteiger partial charge >= 0.3 is 0 Å². The molecule has 31 heavy (non-hydrogen) atoms. The topological polar surface area (TPSA) is 30.7 Å². The van der Waals surface area contributed by atoms with Gasteiger partial charge in [-0.25, -0.2) is 9.97 Å². The molecule has 1 unspecified atom stereocenters. The normalized spacial score (nSPS) is 15.7. The molecule has 1 aliphatic rings. The monoisotopic (exact) mass is 399 g/mol. The predicted octanol–water partition coefficient (Wildman–Crippen LogP) is 6.84. The van der Waals surface area contributed by atoms with Crippen LogP contribution >= 0.6 is 0 Å². The number of rotatable bonds is 3. The van der Waals surface area contributed by atoms with Crippen molar-refractivity contribution in [3.63, 3.8) is 0 Å². The van der Waals surface area contributed by atoms with E-state index in [-0.39, 0.29) is 0 Å². The minimum Gasteiger partial charge on any atom is -0.309 e. The number of fused-ring (bicyclic) bond motifs is 3. The third kappa shape index (κ3) is 3.06. The summed E-state index contributed by atoms with van der Waals surface area (Å²) < 4.78 is 2.32. The molecule has 0 spiro atoms. The van der Waals surface area contributed by atoms with Crippen LogP contribution in [-0.4, -0.2) is 14.5 Å². The molecule has 2 aromatic heterocycles. The molecule has 0 N–H and O–H groups in total. The van der Waals surface area contributed by atoms with Crippen molar-refractivity contribution in [1.29, 1.82) is 0 Å². The summed E-state index contributed by atoms with van der Waals surface area (Å²) in [6.45, 7) is 0. The van der Waals surface area contributed by atoms with E-state index in [4.69, 9.17) is 4.98 Å². The van der Waals surface area contributed by atoms with Gasteiger partial charge in [0.15, 0.2) is 5.82 Å². The Morgan fingerprint density at radius 2 is 1.45 bits per heavy atom. The smallest absolute Gasteiger partial charge is 0.159 e. The zero-order valence-electron chi connectivity index (χ0n) is 17.0. The second-order valence-corrected chi connectivity index (χ2v) is 7.88. The summed E-state index contributed by atoms with van der Waals surface area (Å²) in [5, 5.41) is 2.54. The lowest BCUT2D eigenvalue weighted by atomic mass is 9.97. The van der Waals surface area contributed by atoms with Gasteiger partial charge in [-0.15, -0.1) is 0 Å². The Morgan fingerprint density at radius 3 is 2.13 bits per heavy atom. The number of nitrogens with zero attached hydrogens (tertiary/aromatic N) is 3. The van der Waals surface area contributed by atoms with Crippen LogP contribution in [0, 0.1) is 0 Å². The first-order chi connectivity index (χ1) is 15.4. The fourth-order valence-corrected chi connectivity index (χ4v) is 4.48. The number of hydrogen-bond acceptors (Lipinski definition) is 2. The number of para-hydroxylation sites is 2. The molecule has 2 heterocycles. The number of benzene rings is 3. The van der Waals surface area contributed by atoms with Crippen molar-refractivity contribution in [3.05, 3.63) is 115 Å². The van der Waals surface area contributed by atoms with Gasteiger partial charge in [-0.2, -0.15) is 0 Å². The van der Waals surface area contributed by atoms with E-state index in [0.29, 0.717) is 5.92 Å². The standard InChI is InChI=1S/C28H21N3/c1-2-8-20(9-3-1)25-18-19-29-28(30-25)21-14-16-22(17-15-21)31-26-12-6-4-10-23(26)24-11-5-7-13-27(24)31/h1-8,10-20H,9H2. The van der Waals surface area contributed by atoms with E-state index in [9.17, 15) is 0 Å². The highest BCUT2D eigenvalue weighted by molar-refractivity contribution is 6.09. The Bertz CT molecular complexity index is 1400. The van der Waals surface area contributed by atoms with Gasteiger partial charge in [0, 0.05) is 34.1 Å². The third-order valence-electron chi connectivity index (χ3n) is 6.00. The summed E-state index contributed by atoms with van der Waals surface area (Å²) in [5.74, 6) is 1.10. The van der Waals surface area contributed by atoms with Crippen molar-refractivity contribution in [3.8, 4) is 17.1 Å². The summed E-state index contributed by atoms with van der Waals surface area (Å²) in [7, 11) is 0. The molecule has 6 rings (SSSR count). The Morgan fingerprint density at radius 1 is 0.742 bits per heavy atom. The Labute approximate surface area is 181 Å². The summed E-state index contributed by atoms with van der Waals surface area (Å²) in [5.41, 5.74) is 5.66. The highest BCUT2D eigenvalue weighted by Gasteiger charge is 2.13. The average Bonchev–Trinajstić information content (AvgIpc) is 3.19. The highest BCUT2D eigenvalue weighted by atomic mass is 15.0. The molecule has 0 aliphatic heterocycles. The zero-order valence-corrected chi connectivity index (χ0v) is 17.0. The molecular weight excluding hydrogens is 378 g/mol. The van der Waals surface area contributed by atoms with E-state index < -0.39 is 0 Å². The summed E-state index contributed by atoms with van der Waals surface area (Å²) in [6, 6.07) is 27.7. The highest BCUT2D eigenvalue weighted by Crippen LogP contribution is 2.32. The van der Waals surface area contributed by atoms with Crippen LogP contribution in [0.15, 0.2) is 109 Å². The Kier molecular flexibility index (Phi) is 4.24. The molecule has 0 amide bonds. The molecule has 0 bridgehead atoms. The molecular formula is C28H21N3. The molecule has 0 saturated heterocycles. The number of allylic oxidation sites excluding steroid dienone is 4. The molecule has 3 aromatic carbocycles. The fraction of sp³-hybridized carbons (Fsp3) is 0.0714. The summed E-state index contributed by atoms with van der Waals surface area (Å²) in [6.07, 6.45) is 11.4. The van der Waals surface area contributed by atoms with Crippen LogP contribution in [0.25, 0.3) is 38.9 Å². The SMILES string of the molecule is C1=CCC(c2ccnc(-c3ccc(-n4c5ccccc5c5ccccc54)cc3)n2)C=C1. The molecule has 1 aliphatic carbocycles. The van der Waals surface area contributed by atoms with E-state index in [0.717, 1.165) is 29.2 Å². The quantitative estimate of drug-likeness (QED) is 0.332. The number of hydrogen-bond donors (Lipinski definition) is 0. The van der Waals surface area contributed by atoms with E-state index in [1.807, 2.05) is 12.3 Å². The van der Waals surface area contributed by atoms with Gasteiger partial charge in [-0.1, -0.05) is 60.7 Å². The van der Waals surface area contributed by atoms with Crippen molar-refractivity contribution in [2.45, 2.75) is 12.3 Å². The van der Waals surface area contributed by atoms with Gasteiger partial charge in [-0.05, 0) is 48.9 Å². The maximum Gasteiger partial charge on any atom is 0.159 e. The summed E-state index contributed by atoms with van der Waals surface area (Å²) in [4.78, 5) is 9.39. The van der Waals surface area contributed by atoms with Gasteiger partial charge < -0.3 is 4.57 Å². The number of aromatic nitrogens is 3. The van der Waals surface area contributed by atoms with Gasteiger partial charge in [-0.3, -0.25) is 0 Å². The lowest BCUT2D eigenvalue weighted by Crippen LogP contribution is -2.02. The van der Waals surface area contributed by atoms with E-state index in [2.05, 4.69) is 107 Å². The van der Waals surface area contributed by atoms with Crippen molar-refractivity contribution in [2.75, 3.05) is 0 Å². The third-order valence-corrected chi connectivity index (χ3v) is 6.00. The fourth-order valence-electron chi connectivity index (χ4n) is 4.48. The first-order valence-corrected chi connectivity index (χ1v) is 10.6. The van der Waals surface area contributed by atoms with Crippen molar-refractivity contribution in [1.82, 2.24) is 14.5 Å². The maximum atomic E-state index is 4.86. The minimum atomic E-state index is 0.323. The van der Waals surface area contributed by atoms with Gasteiger partial charge in [0.2, 0.25) is 0 Å². The van der Waals surface area contributed by atoms with Crippen LogP contribution < -0.4 is 0 Å². The Hall–Kier alpha value is -3.98. The molecule has 5 aromatic rings. The predicted molar refractivity (Wildman–Crippen MR) is 127 cm³/mol. The first kappa shape index (κ1) is 17.8. The average molecular weight is 399 g/mol. The molecule has 3 nitrogen and oxygen atoms in total. The van der Waals surface area contributed by atoms with Crippen LogP contribution in [0.1, 0.15) is 18.0 Å². The summed E-state index contributed by atoms with van der Waals surface area (Å²) >= 11 is 0. The minimum absolute atomic E-state index is 0.323. The zero-order chi connectivity index (χ0) is 20.6. The van der Waals surface area contributed by atoms with E-state index in [1.165, 1.54) is 21.8 Å². The molecule has 148 valence electrons. The van der Waals surface area contributed by atoms with Crippen LogP contribution in [0.4, 0.5) is 0 Å². The van der Waals surface area contributed by atoms with Gasteiger partial charge in [0.25, 0.3) is 0 Å². The molecule has 3 heteroatoms. The molecule has 0 saturated carbocycles. The maximum absolute atomic E-state index is 4.86. The van der Waals surface area contributed by atoms with Gasteiger partial charge in [0.1, 0.15) is 0 Å². The van der Waals surface area contributed by atoms with E-state index in [1.54, 1.807) is 0 Å². The van der Waals surface area contributed by atoms with Crippen molar-refractivity contribution >= 4 is 21.8 Å². The van der Waals surface area contributed by atoms with Gasteiger partial charge in [0.05, 0.1) is 16.7 Å². The lowest BCUT2D eigenvalue weighted by molar-refractivity contribution is 0.810. The second kappa shape index (κ2) is 7.37. The lowest BCUT2D eigenvalue weighted by Gasteiger charge is -2.13. The van der Waals surface area contributed by atoms with Crippen LogP contribution in [-0.2, 0) is 0 Å². The molecule has 0 radical (unpaired) electrons. The second-order valence-electron chi connectivity index (χ2n) is 7.88. The van der Waals surface area contributed by atoms with E-state index >= 15 is 0 Å². The van der Waals surface area contributed by atoms with Crippen LogP contribution in [0.2, 0.25) is 0 Å². The Balaban J connectivity index is 1.42. The van der Waals surface area contributed by atoms with Crippen LogP contribution in [0.3, 0.4) is 0 Å². The van der Waals surface area contributed by atoms with Crippen molar-refractivity contribution < 1.29 is 0 Å². The first-order valence-electron chi connectivity index (χ1n) is 10.6. The largest absolute Gasteiger partial charge is 0.309 e.